The Morgan fingerprint density at radius 3 is 2.92 bits per heavy atom. The fourth-order valence-electron chi connectivity index (χ4n) is 1.13. The average molecular weight is 179 g/mol. The van der Waals surface area contributed by atoms with Gasteiger partial charge in [-0.2, -0.15) is 0 Å². The molecule has 12 heavy (non-hydrogen) atoms. The number of aromatic nitrogens is 3. The third-order valence-corrected chi connectivity index (χ3v) is 2.09. The van der Waals surface area contributed by atoms with Crippen LogP contribution in [0, 0.1) is 4.77 Å². The Kier molecular flexibility index (Phi) is 1.83. The van der Waals surface area contributed by atoms with Gasteiger partial charge in [0.25, 0.3) is 0 Å². The lowest BCUT2D eigenvalue weighted by Gasteiger charge is -1.97. The van der Waals surface area contributed by atoms with E-state index in [9.17, 15) is 0 Å². The smallest absolute Gasteiger partial charge is 0.177 e. The minimum atomic E-state index is 0.760. The van der Waals surface area contributed by atoms with E-state index in [0.717, 1.165) is 11.3 Å². The van der Waals surface area contributed by atoms with Crippen molar-refractivity contribution in [3.8, 4) is 0 Å². The number of nitrogens with zero attached hydrogens (tertiary/aromatic N) is 1. The molecule has 2 rings (SSSR count). The van der Waals surface area contributed by atoms with Gasteiger partial charge in [-0.25, -0.2) is 0 Å². The van der Waals surface area contributed by atoms with E-state index in [1.54, 1.807) is 0 Å². The first kappa shape index (κ1) is 7.36. The molecule has 2 aromatic heterocycles. The largest absolute Gasteiger partial charge is 0.367 e. The summed E-state index contributed by atoms with van der Waals surface area (Å²) in [5.41, 5.74) is 1.23. The molecule has 0 amide bonds. The minimum absolute atomic E-state index is 0.760. The molecule has 0 saturated carbocycles. The molecule has 0 fully saturated rings. The summed E-state index contributed by atoms with van der Waals surface area (Å²) in [5, 5.41) is 0. The Labute approximate surface area is 75.1 Å². The summed E-state index contributed by atoms with van der Waals surface area (Å²) in [7, 11) is 0. The van der Waals surface area contributed by atoms with Crippen molar-refractivity contribution in [2.45, 2.75) is 6.54 Å². The molecule has 0 spiro atoms. The summed E-state index contributed by atoms with van der Waals surface area (Å²) in [6, 6.07) is 2.04. The zero-order valence-electron chi connectivity index (χ0n) is 6.45. The van der Waals surface area contributed by atoms with Crippen molar-refractivity contribution in [3.63, 3.8) is 0 Å². The molecule has 2 N–H and O–H groups in total. The van der Waals surface area contributed by atoms with Crippen molar-refractivity contribution < 1.29 is 0 Å². The van der Waals surface area contributed by atoms with Crippen LogP contribution in [0.2, 0.25) is 0 Å². The lowest BCUT2D eigenvalue weighted by atomic mass is 10.3. The second kappa shape index (κ2) is 2.98. The number of rotatable bonds is 2. The molecule has 0 unspecified atom stereocenters. The number of H-pyrrole nitrogens is 2. The third kappa shape index (κ3) is 1.33. The summed E-state index contributed by atoms with van der Waals surface area (Å²) in [6.07, 6.45) is 7.66. The van der Waals surface area contributed by atoms with Gasteiger partial charge in [-0.1, -0.05) is 0 Å². The molecule has 3 nitrogen and oxygen atoms in total. The summed E-state index contributed by atoms with van der Waals surface area (Å²) < 4.78 is 2.74. The van der Waals surface area contributed by atoms with Crippen LogP contribution in [0.3, 0.4) is 0 Å². The lowest BCUT2D eigenvalue weighted by molar-refractivity contribution is 0.785. The van der Waals surface area contributed by atoms with Crippen LogP contribution in [-0.2, 0) is 6.54 Å². The highest BCUT2D eigenvalue weighted by atomic mass is 32.1. The van der Waals surface area contributed by atoms with Gasteiger partial charge in [0.1, 0.15) is 0 Å². The van der Waals surface area contributed by atoms with Gasteiger partial charge in [0.05, 0.1) is 6.54 Å². The molecule has 0 aliphatic heterocycles. The fraction of sp³-hybridized carbons (Fsp3) is 0.125. The topological polar surface area (TPSA) is 36.5 Å². The molecule has 0 saturated heterocycles. The highest BCUT2D eigenvalue weighted by Crippen LogP contribution is 2.01. The van der Waals surface area contributed by atoms with Crippen molar-refractivity contribution in [3.05, 3.63) is 41.2 Å². The predicted molar refractivity (Wildman–Crippen MR) is 49.5 cm³/mol. The van der Waals surface area contributed by atoms with E-state index in [0.29, 0.717) is 0 Å². The number of hydrogen-bond acceptors (Lipinski definition) is 1. The zero-order chi connectivity index (χ0) is 8.39. The first-order valence-electron chi connectivity index (χ1n) is 3.72. The van der Waals surface area contributed by atoms with Gasteiger partial charge in [-0.3, -0.25) is 0 Å². The highest BCUT2D eigenvalue weighted by molar-refractivity contribution is 7.71. The van der Waals surface area contributed by atoms with E-state index in [2.05, 4.69) is 9.97 Å². The number of imidazole rings is 1. The molecular formula is C8H9N3S. The average Bonchev–Trinajstić information content (AvgIpc) is 2.65. The molecule has 0 atom stereocenters. The van der Waals surface area contributed by atoms with Crippen LogP contribution in [0.15, 0.2) is 30.9 Å². The van der Waals surface area contributed by atoms with E-state index < -0.39 is 0 Å². The van der Waals surface area contributed by atoms with E-state index in [4.69, 9.17) is 12.2 Å². The van der Waals surface area contributed by atoms with Crippen molar-refractivity contribution in [1.82, 2.24) is 14.5 Å². The van der Waals surface area contributed by atoms with Crippen LogP contribution < -0.4 is 0 Å². The molecule has 0 bridgehead atoms. The quantitative estimate of drug-likeness (QED) is 0.679. The molecule has 0 aliphatic carbocycles. The number of nitrogens with one attached hydrogen (secondary N) is 2. The Hall–Kier alpha value is -1.29. The van der Waals surface area contributed by atoms with Crippen molar-refractivity contribution in [2.24, 2.45) is 0 Å². The summed E-state index contributed by atoms with van der Waals surface area (Å²) in [4.78, 5) is 5.95. The molecule has 0 aromatic carbocycles. The monoisotopic (exact) mass is 179 g/mol. The van der Waals surface area contributed by atoms with E-state index in [-0.39, 0.29) is 0 Å². The van der Waals surface area contributed by atoms with Gasteiger partial charge >= 0.3 is 0 Å². The Morgan fingerprint density at radius 2 is 2.33 bits per heavy atom. The van der Waals surface area contributed by atoms with E-state index in [1.165, 1.54) is 5.56 Å². The van der Waals surface area contributed by atoms with Crippen LogP contribution in [0.4, 0.5) is 0 Å². The maximum atomic E-state index is 5.06. The summed E-state index contributed by atoms with van der Waals surface area (Å²) in [6.45, 7) is 0.825. The van der Waals surface area contributed by atoms with Crippen LogP contribution in [-0.4, -0.2) is 14.5 Å². The van der Waals surface area contributed by atoms with Gasteiger partial charge < -0.3 is 14.5 Å². The van der Waals surface area contributed by atoms with Gasteiger partial charge in [-0.15, -0.1) is 0 Å². The summed E-state index contributed by atoms with van der Waals surface area (Å²) in [5.74, 6) is 0. The molecule has 2 aromatic rings. The maximum Gasteiger partial charge on any atom is 0.177 e. The first-order valence-corrected chi connectivity index (χ1v) is 4.12. The second-order valence-corrected chi connectivity index (χ2v) is 3.00. The number of hydrogen-bond donors (Lipinski definition) is 2. The second-order valence-electron chi connectivity index (χ2n) is 2.61. The minimum Gasteiger partial charge on any atom is -0.367 e. The zero-order valence-corrected chi connectivity index (χ0v) is 7.27. The van der Waals surface area contributed by atoms with Gasteiger partial charge in [0.15, 0.2) is 4.77 Å². The lowest BCUT2D eigenvalue weighted by Crippen LogP contribution is -1.96. The van der Waals surface area contributed by atoms with Crippen molar-refractivity contribution >= 4 is 12.2 Å². The van der Waals surface area contributed by atoms with Crippen LogP contribution in [0.25, 0.3) is 0 Å². The molecular weight excluding hydrogens is 170 g/mol. The Balaban J connectivity index is 2.25. The van der Waals surface area contributed by atoms with Gasteiger partial charge in [-0.05, 0) is 23.8 Å². The maximum absolute atomic E-state index is 5.06. The van der Waals surface area contributed by atoms with Crippen molar-refractivity contribution in [1.29, 1.82) is 0 Å². The third-order valence-electron chi connectivity index (χ3n) is 1.74. The molecule has 0 aliphatic rings. The van der Waals surface area contributed by atoms with Crippen LogP contribution in [0.1, 0.15) is 5.56 Å². The highest BCUT2D eigenvalue weighted by Gasteiger charge is 1.94. The molecule has 4 heteroatoms. The van der Waals surface area contributed by atoms with Crippen LogP contribution >= 0.6 is 12.2 Å². The molecule has 2 heterocycles. The SMILES string of the molecule is S=c1[nH]ccn1Cc1cc[nH]c1. The normalized spacial score (nSPS) is 10.3. The van der Waals surface area contributed by atoms with Gasteiger partial charge in [0, 0.05) is 24.8 Å². The summed E-state index contributed by atoms with van der Waals surface area (Å²) >= 11 is 5.06. The number of aromatic amines is 2. The first-order chi connectivity index (χ1) is 5.86. The Morgan fingerprint density at radius 1 is 1.42 bits per heavy atom. The standard InChI is InChI=1S/C8H9N3S/c12-8-10-3-4-11(8)6-7-1-2-9-5-7/h1-5,9H,6H2,(H,10,12). The van der Waals surface area contributed by atoms with E-state index in [1.807, 2.05) is 35.4 Å². The van der Waals surface area contributed by atoms with Crippen LogP contribution in [0.5, 0.6) is 0 Å². The Bertz CT molecular complexity index is 396. The van der Waals surface area contributed by atoms with Gasteiger partial charge in [0.2, 0.25) is 0 Å². The molecule has 62 valence electrons. The van der Waals surface area contributed by atoms with E-state index >= 15 is 0 Å². The fourth-order valence-corrected chi connectivity index (χ4v) is 1.32. The molecule has 0 radical (unpaired) electrons. The van der Waals surface area contributed by atoms with Crippen molar-refractivity contribution in [2.75, 3.05) is 0 Å². The predicted octanol–water partition coefficient (Wildman–Crippen LogP) is 1.92.